The molecule has 1 atom stereocenters. The largest absolute Gasteiger partial charge is 0.497 e. The fraction of sp³-hybridized carbons (Fsp3) is 0.174. The SMILES string of the molecule is COc1ccc2cc(C(=O)N[C@H](C)c3ccc(-n4ccnc4)cc3)c(C)nc2c1. The Labute approximate surface area is 169 Å². The molecule has 0 bridgehead atoms. The third-order valence-electron chi connectivity index (χ3n) is 5.00. The number of fused-ring (bicyclic) bond motifs is 1. The first-order chi connectivity index (χ1) is 14.0. The number of rotatable bonds is 5. The van der Waals surface area contributed by atoms with E-state index >= 15 is 0 Å². The lowest BCUT2D eigenvalue weighted by Crippen LogP contribution is -2.27. The Hall–Kier alpha value is -3.67. The van der Waals surface area contributed by atoms with Crippen LogP contribution in [0.3, 0.4) is 0 Å². The van der Waals surface area contributed by atoms with Crippen molar-refractivity contribution in [1.82, 2.24) is 19.9 Å². The minimum Gasteiger partial charge on any atom is -0.497 e. The molecule has 4 rings (SSSR count). The predicted molar refractivity (Wildman–Crippen MR) is 112 cm³/mol. The summed E-state index contributed by atoms with van der Waals surface area (Å²) in [5, 5.41) is 3.97. The van der Waals surface area contributed by atoms with Gasteiger partial charge in [-0.3, -0.25) is 9.78 Å². The predicted octanol–water partition coefficient (Wildman–Crippen LogP) is 4.23. The van der Waals surface area contributed by atoms with Gasteiger partial charge in [0.1, 0.15) is 5.75 Å². The van der Waals surface area contributed by atoms with Crippen LogP contribution in [0.2, 0.25) is 0 Å². The number of methoxy groups -OCH3 is 1. The Balaban J connectivity index is 1.53. The molecular formula is C23H22N4O2. The van der Waals surface area contributed by atoms with Crippen LogP contribution < -0.4 is 10.1 Å². The van der Waals surface area contributed by atoms with Crippen molar-refractivity contribution < 1.29 is 9.53 Å². The molecule has 2 aromatic carbocycles. The van der Waals surface area contributed by atoms with Crippen LogP contribution in [0.25, 0.3) is 16.6 Å². The molecule has 0 aliphatic heterocycles. The Morgan fingerprint density at radius 2 is 1.93 bits per heavy atom. The zero-order valence-corrected chi connectivity index (χ0v) is 16.6. The molecule has 1 N–H and O–H groups in total. The van der Waals surface area contributed by atoms with E-state index in [2.05, 4.69) is 15.3 Å². The third kappa shape index (κ3) is 3.82. The molecule has 2 aromatic heterocycles. The number of hydrogen-bond acceptors (Lipinski definition) is 4. The summed E-state index contributed by atoms with van der Waals surface area (Å²) in [5.74, 6) is 0.605. The van der Waals surface area contributed by atoms with Crippen molar-refractivity contribution in [2.75, 3.05) is 7.11 Å². The van der Waals surface area contributed by atoms with E-state index in [0.717, 1.165) is 27.9 Å². The highest BCUT2D eigenvalue weighted by Gasteiger charge is 2.15. The number of carbonyl (C=O) groups is 1. The number of nitrogens with one attached hydrogen (secondary N) is 1. The van der Waals surface area contributed by atoms with Crippen molar-refractivity contribution in [2.45, 2.75) is 19.9 Å². The summed E-state index contributed by atoms with van der Waals surface area (Å²) in [7, 11) is 1.62. The van der Waals surface area contributed by atoms with Gasteiger partial charge in [-0.2, -0.15) is 0 Å². The average molecular weight is 386 g/mol. The molecule has 0 spiro atoms. The maximum Gasteiger partial charge on any atom is 0.253 e. The summed E-state index contributed by atoms with van der Waals surface area (Å²) < 4.78 is 7.19. The van der Waals surface area contributed by atoms with Crippen molar-refractivity contribution in [1.29, 1.82) is 0 Å². The van der Waals surface area contributed by atoms with Crippen molar-refractivity contribution in [3.05, 3.63) is 84.1 Å². The molecule has 0 saturated carbocycles. The van der Waals surface area contributed by atoms with Gasteiger partial charge < -0.3 is 14.6 Å². The molecule has 0 aliphatic rings. The van der Waals surface area contributed by atoms with Gasteiger partial charge in [-0.1, -0.05) is 12.1 Å². The molecule has 0 saturated heterocycles. The van der Waals surface area contributed by atoms with Crippen LogP contribution in [0.15, 0.2) is 67.3 Å². The highest BCUT2D eigenvalue weighted by Crippen LogP contribution is 2.22. The van der Waals surface area contributed by atoms with Crippen molar-refractivity contribution >= 4 is 16.8 Å². The summed E-state index contributed by atoms with van der Waals surface area (Å²) in [6.45, 7) is 3.82. The molecule has 6 nitrogen and oxygen atoms in total. The van der Waals surface area contributed by atoms with E-state index in [1.165, 1.54) is 0 Å². The van der Waals surface area contributed by atoms with Crippen molar-refractivity contribution in [3.63, 3.8) is 0 Å². The van der Waals surface area contributed by atoms with Gasteiger partial charge in [0.05, 0.1) is 36.3 Å². The van der Waals surface area contributed by atoms with Gasteiger partial charge >= 0.3 is 0 Å². The van der Waals surface area contributed by atoms with E-state index in [9.17, 15) is 4.79 Å². The summed E-state index contributed by atoms with van der Waals surface area (Å²) in [4.78, 5) is 21.5. The molecule has 4 aromatic rings. The second kappa shape index (κ2) is 7.75. The van der Waals surface area contributed by atoms with E-state index in [-0.39, 0.29) is 11.9 Å². The fourth-order valence-electron chi connectivity index (χ4n) is 3.30. The van der Waals surface area contributed by atoms with E-state index in [0.29, 0.717) is 11.3 Å². The first-order valence-electron chi connectivity index (χ1n) is 9.39. The number of ether oxygens (including phenoxy) is 1. The summed E-state index contributed by atoms with van der Waals surface area (Å²) >= 11 is 0. The normalized spacial score (nSPS) is 12.0. The molecule has 0 unspecified atom stereocenters. The van der Waals surface area contributed by atoms with Crippen molar-refractivity contribution in [2.24, 2.45) is 0 Å². The molecular weight excluding hydrogens is 364 g/mol. The van der Waals surface area contributed by atoms with Gasteiger partial charge in [-0.15, -0.1) is 0 Å². The Morgan fingerprint density at radius 3 is 2.62 bits per heavy atom. The Kier molecular flexibility index (Phi) is 4.99. The smallest absolute Gasteiger partial charge is 0.253 e. The second-order valence-electron chi connectivity index (χ2n) is 6.94. The van der Waals surface area contributed by atoms with Gasteiger partial charge in [-0.05, 0) is 49.7 Å². The number of hydrogen-bond donors (Lipinski definition) is 1. The minimum absolute atomic E-state index is 0.134. The van der Waals surface area contributed by atoms with Gasteiger partial charge in [0.25, 0.3) is 5.91 Å². The summed E-state index contributed by atoms with van der Waals surface area (Å²) in [5.41, 5.74) is 4.12. The molecule has 2 heterocycles. The molecule has 0 aliphatic carbocycles. The lowest BCUT2D eigenvalue weighted by Gasteiger charge is -2.16. The number of pyridine rings is 1. The van der Waals surface area contributed by atoms with Crippen LogP contribution in [-0.2, 0) is 0 Å². The highest BCUT2D eigenvalue weighted by molar-refractivity contribution is 5.99. The van der Waals surface area contributed by atoms with Gasteiger partial charge in [0.15, 0.2) is 0 Å². The van der Waals surface area contributed by atoms with E-state index in [1.54, 1.807) is 19.6 Å². The number of amides is 1. The van der Waals surface area contributed by atoms with Gasteiger partial charge in [-0.25, -0.2) is 4.98 Å². The molecule has 6 heteroatoms. The van der Waals surface area contributed by atoms with Gasteiger partial charge in [0.2, 0.25) is 0 Å². The maximum atomic E-state index is 12.9. The summed E-state index contributed by atoms with van der Waals surface area (Å²) in [6, 6.07) is 15.4. The van der Waals surface area contributed by atoms with E-state index in [1.807, 2.05) is 73.1 Å². The van der Waals surface area contributed by atoms with Crippen LogP contribution in [0.4, 0.5) is 0 Å². The molecule has 1 amide bonds. The zero-order chi connectivity index (χ0) is 20.4. The average Bonchev–Trinajstić information content (AvgIpc) is 3.27. The highest BCUT2D eigenvalue weighted by atomic mass is 16.5. The van der Waals surface area contributed by atoms with Gasteiger partial charge in [0, 0.05) is 29.5 Å². The second-order valence-corrected chi connectivity index (χ2v) is 6.94. The van der Waals surface area contributed by atoms with Crippen LogP contribution >= 0.6 is 0 Å². The molecule has 29 heavy (non-hydrogen) atoms. The third-order valence-corrected chi connectivity index (χ3v) is 5.00. The monoisotopic (exact) mass is 386 g/mol. The molecule has 0 fully saturated rings. The standard InChI is InChI=1S/C23H22N4O2/c1-15(17-4-7-19(8-5-17)27-11-10-24-14-27)26-23(28)21-12-18-6-9-20(29-3)13-22(18)25-16(21)2/h4-15H,1-3H3,(H,26,28)/t15-/m1/s1. The quantitative estimate of drug-likeness (QED) is 0.557. The number of carbonyl (C=O) groups excluding carboxylic acids is 1. The van der Waals surface area contributed by atoms with E-state index in [4.69, 9.17) is 4.74 Å². The maximum absolute atomic E-state index is 12.9. The number of aryl methyl sites for hydroxylation is 1. The molecule has 146 valence electrons. The molecule has 0 radical (unpaired) electrons. The van der Waals surface area contributed by atoms with Crippen LogP contribution in [0.5, 0.6) is 5.75 Å². The zero-order valence-electron chi connectivity index (χ0n) is 16.6. The minimum atomic E-state index is -0.140. The topological polar surface area (TPSA) is 69.0 Å². The lowest BCUT2D eigenvalue weighted by molar-refractivity contribution is 0.0939. The Morgan fingerprint density at radius 1 is 1.14 bits per heavy atom. The first-order valence-corrected chi connectivity index (χ1v) is 9.39. The Bertz CT molecular complexity index is 1150. The number of benzene rings is 2. The van der Waals surface area contributed by atoms with Crippen LogP contribution in [0.1, 0.15) is 34.6 Å². The lowest BCUT2D eigenvalue weighted by atomic mass is 10.1. The number of imidazole rings is 1. The number of aromatic nitrogens is 3. The van der Waals surface area contributed by atoms with Crippen LogP contribution in [0, 0.1) is 6.92 Å². The van der Waals surface area contributed by atoms with E-state index < -0.39 is 0 Å². The number of nitrogens with zero attached hydrogens (tertiary/aromatic N) is 3. The first kappa shape index (κ1) is 18.7. The summed E-state index contributed by atoms with van der Waals surface area (Å²) in [6.07, 6.45) is 5.39. The fourth-order valence-corrected chi connectivity index (χ4v) is 3.30. The van der Waals surface area contributed by atoms with Crippen LogP contribution in [-0.4, -0.2) is 27.6 Å². The van der Waals surface area contributed by atoms with Crippen molar-refractivity contribution in [3.8, 4) is 11.4 Å².